The molecule has 0 aliphatic rings. The number of nitrogens with one attached hydrogen (secondary N) is 1. The number of rotatable bonds is 6. The topological polar surface area (TPSA) is 34.1 Å². The Morgan fingerprint density at radius 1 is 1.38 bits per heavy atom. The summed E-state index contributed by atoms with van der Waals surface area (Å²) in [6, 6.07) is 2.09. The van der Waals surface area contributed by atoms with Gasteiger partial charge < -0.3 is 10.1 Å². The highest BCUT2D eigenvalue weighted by atomic mass is 16.5. The van der Waals surface area contributed by atoms with Gasteiger partial charge in [0.15, 0.2) is 0 Å². The van der Waals surface area contributed by atoms with E-state index < -0.39 is 0 Å². The Morgan fingerprint density at radius 2 is 2.12 bits per heavy atom. The first kappa shape index (κ1) is 13.0. The van der Waals surface area contributed by atoms with Crippen LogP contribution in [0.25, 0.3) is 0 Å². The van der Waals surface area contributed by atoms with E-state index >= 15 is 0 Å². The van der Waals surface area contributed by atoms with Crippen LogP contribution >= 0.6 is 0 Å². The zero-order valence-electron chi connectivity index (χ0n) is 10.7. The fraction of sp³-hybridized carbons (Fsp3) is 0.615. The van der Waals surface area contributed by atoms with Gasteiger partial charge in [-0.05, 0) is 44.0 Å². The summed E-state index contributed by atoms with van der Waals surface area (Å²) in [6.07, 6.45) is 4.78. The molecule has 1 aromatic rings. The molecule has 0 aliphatic heterocycles. The van der Waals surface area contributed by atoms with Crippen molar-refractivity contribution in [3.8, 4) is 5.75 Å². The van der Waals surface area contributed by atoms with Crippen molar-refractivity contribution in [3.05, 3.63) is 24.0 Å². The molecule has 0 spiro atoms. The molecule has 1 rings (SSSR count). The van der Waals surface area contributed by atoms with Gasteiger partial charge in [0.1, 0.15) is 5.75 Å². The first-order valence-electron chi connectivity index (χ1n) is 5.83. The van der Waals surface area contributed by atoms with Crippen molar-refractivity contribution in [1.82, 2.24) is 10.3 Å². The summed E-state index contributed by atoms with van der Waals surface area (Å²) in [4.78, 5) is 4.23. The molecule has 3 nitrogen and oxygen atoms in total. The van der Waals surface area contributed by atoms with Gasteiger partial charge in [-0.25, -0.2) is 0 Å². The SMILES string of the molecule is CCOc1cncc(C(C)(C)CCNC)c1. The van der Waals surface area contributed by atoms with Gasteiger partial charge in [0.05, 0.1) is 12.8 Å². The number of nitrogens with zero attached hydrogens (tertiary/aromatic N) is 1. The van der Waals surface area contributed by atoms with Crippen LogP contribution in [0.5, 0.6) is 5.75 Å². The maximum atomic E-state index is 5.47. The van der Waals surface area contributed by atoms with Gasteiger partial charge in [0.25, 0.3) is 0 Å². The fourth-order valence-corrected chi connectivity index (χ4v) is 1.62. The molecule has 0 aliphatic carbocycles. The first-order valence-corrected chi connectivity index (χ1v) is 5.83. The number of pyridine rings is 1. The third-order valence-electron chi connectivity index (χ3n) is 2.81. The molecule has 3 heteroatoms. The summed E-state index contributed by atoms with van der Waals surface area (Å²) in [5.74, 6) is 0.859. The molecule has 0 unspecified atom stereocenters. The van der Waals surface area contributed by atoms with Gasteiger partial charge >= 0.3 is 0 Å². The van der Waals surface area contributed by atoms with Crippen LogP contribution in [0, 0.1) is 0 Å². The second kappa shape index (κ2) is 5.85. The predicted molar refractivity (Wildman–Crippen MR) is 67.0 cm³/mol. The van der Waals surface area contributed by atoms with Gasteiger partial charge in [-0.1, -0.05) is 13.8 Å². The Bertz CT molecular complexity index is 323. The summed E-state index contributed by atoms with van der Waals surface area (Å²) in [5, 5.41) is 3.18. The van der Waals surface area contributed by atoms with Crippen molar-refractivity contribution in [2.45, 2.75) is 32.6 Å². The quantitative estimate of drug-likeness (QED) is 0.802. The summed E-state index contributed by atoms with van der Waals surface area (Å²) in [5.41, 5.74) is 1.36. The third-order valence-corrected chi connectivity index (χ3v) is 2.81. The fourth-order valence-electron chi connectivity index (χ4n) is 1.62. The number of hydrogen-bond acceptors (Lipinski definition) is 3. The van der Waals surface area contributed by atoms with Gasteiger partial charge in [-0.3, -0.25) is 4.98 Å². The average molecular weight is 222 g/mol. The summed E-state index contributed by atoms with van der Waals surface area (Å²) >= 11 is 0. The highest BCUT2D eigenvalue weighted by molar-refractivity contribution is 5.28. The van der Waals surface area contributed by atoms with Gasteiger partial charge in [-0.15, -0.1) is 0 Å². The Kier molecular flexibility index (Phi) is 4.74. The Labute approximate surface area is 98.2 Å². The van der Waals surface area contributed by atoms with Crippen LogP contribution in [0.15, 0.2) is 18.5 Å². The van der Waals surface area contributed by atoms with Crippen LogP contribution in [-0.2, 0) is 5.41 Å². The maximum absolute atomic E-state index is 5.47. The lowest BCUT2D eigenvalue weighted by molar-refractivity contribution is 0.337. The molecule has 0 bridgehead atoms. The standard InChI is InChI=1S/C13H22N2O/c1-5-16-12-8-11(9-15-10-12)13(2,3)6-7-14-4/h8-10,14H,5-7H2,1-4H3. The zero-order valence-corrected chi connectivity index (χ0v) is 10.7. The molecule has 1 aromatic heterocycles. The molecule has 0 fully saturated rings. The Hall–Kier alpha value is -1.09. The zero-order chi connectivity index (χ0) is 12.0. The largest absolute Gasteiger partial charge is 0.492 e. The Balaban J connectivity index is 2.80. The van der Waals surface area contributed by atoms with Crippen molar-refractivity contribution >= 4 is 0 Å². The second-order valence-corrected chi connectivity index (χ2v) is 4.58. The summed E-state index contributed by atoms with van der Waals surface area (Å²) in [6.45, 7) is 8.14. The molecule has 0 atom stereocenters. The molecular formula is C13H22N2O. The number of aromatic nitrogens is 1. The van der Waals surface area contributed by atoms with Crippen LogP contribution in [0.1, 0.15) is 32.8 Å². The smallest absolute Gasteiger partial charge is 0.137 e. The second-order valence-electron chi connectivity index (χ2n) is 4.58. The molecule has 90 valence electrons. The van der Waals surface area contributed by atoms with Crippen molar-refractivity contribution < 1.29 is 4.74 Å². The van der Waals surface area contributed by atoms with Crippen molar-refractivity contribution in [3.63, 3.8) is 0 Å². The monoisotopic (exact) mass is 222 g/mol. The molecule has 16 heavy (non-hydrogen) atoms. The van der Waals surface area contributed by atoms with Crippen LogP contribution in [-0.4, -0.2) is 25.2 Å². The first-order chi connectivity index (χ1) is 7.60. The predicted octanol–water partition coefficient (Wildman–Crippen LogP) is 2.37. The maximum Gasteiger partial charge on any atom is 0.137 e. The van der Waals surface area contributed by atoms with Crippen LogP contribution in [0.2, 0.25) is 0 Å². The number of ether oxygens (including phenoxy) is 1. The lowest BCUT2D eigenvalue weighted by Crippen LogP contribution is -2.23. The van der Waals surface area contributed by atoms with E-state index in [-0.39, 0.29) is 5.41 Å². The molecule has 0 saturated carbocycles. The lowest BCUT2D eigenvalue weighted by atomic mass is 9.82. The highest BCUT2D eigenvalue weighted by Crippen LogP contribution is 2.28. The van der Waals surface area contributed by atoms with Crippen molar-refractivity contribution in [2.75, 3.05) is 20.2 Å². The third kappa shape index (κ3) is 3.49. The van der Waals surface area contributed by atoms with E-state index in [0.717, 1.165) is 18.7 Å². The molecule has 1 N–H and O–H groups in total. The van der Waals surface area contributed by atoms with Crippen LogP contribution in [0.4, 0.5) is 0 Å². The van der Waals surface area contributed by atoms with E-state index in [9.17, 15) is 0 Å². The summed E-state index contributed by atoms with van der Waals surface area (Å²) in [7, 11) is 1.98. The van der Waals surface area contributed by atoms with E-state index in [0.29, 0.717) is 6.61 Å². The van der Waals surface area contributed by atoms with E-state index in [1.165, 1.54) is 5.56 Å². The summed E-state index contributed by atoms with van der Waals surface area (Å²) < 4.78 is 5.47. The van der Waals surface area contributed by atoms with E-state index in [4.69, 9.17) is 4.74 Å². The van der Waals surface area contributed by atoms with E-state index in [2.05, 4.69) is 30.2 Å². The van der Waals surface area contributed by atoms with Crippen molar-refractivity contribution in [1.29, 1.82) is 0 Å². The van der Waals surface area contributed by atoms with E-state index in [1.807, 2.05) is 20.2 Å². The highest BCUT2D eigenvalue weighted by Gasteiger charge is 2.20. The van der Waals surface area contributed by atoms with Crippen LogP contribution in [0.3, 0.4) is 0 Å². The van der Waals surface area contributed by atoms with Gasteiger partial charge in [0.2, 0.25) is 0 Å². The average Bonchev–Trinajstić information content (AvgIpc) is 2.27. The molecular weight excluding hydrogens is 200 g/mol. The molecule has 0 radical (unpaired) electrons. The Morgan fingerprint density at radius 3 is 2.75 bits per heavy atom. The molecule has 0 aromatic carbocycles. The minimum absolute atomic E-state index is 0.128. The number of hydrogen-bond donors (Lipinski definition) is 1. The minimum Gasteiger partial charge on any atom is -0.492 e. The van der Waals surface area contributed by atoms with Crippen molar-refractivity contribution in [2.24, 2.45) is 0 Å². The van der Waals surface area contributed by atoms with Gasteiger partial charge in [-0.2, -0.15) is 0 Å². The normalized spacial score (nSPS) is 11.5. The molecule has 0 amide bonds. The minimum atomic E-state index is 0.128. The molecule has 0 saturated heterocycles. The van der Waals surface area contributed by atoms with E-state index in [1.54, 1.807) is 6.20 Å². The van der Waals surface area contributed by atoms with Gasteiger partial charge in [0, 0.05) is 6.20 Å². The molecule has 1 heterocycles. The van der Waals surface area contributed by atoms with Crippen LogP contribution < -0.4 is 10.1 Å². The lowest BCUT2D eigenvalue weighted by Gasteiger charge is -2.25.